The Labute approximate surface area is 107 Å². The number of hydrogen-bond acceptors (Lipinski definition) is 3. The highest BCUT2D eigenvalue weighted by Crippen LogP contribution is 2.01. The van der Waals surface area contributed by atoms with Crippen LogP contribution in [0.15, 0.2) is 30.3 Å². The van der Waals surface area contributed by atoms with E-state index in [1.807, 2.05) is 37.3 Å². The molecule has 0 aromatic heterocycles. The molecule has 5 heteroatoms. The third-order valence-corrected chi connectivity index (χ3v) is 2.34. The molecule has 1 aromatic carbocycles. The molecule has 0 aliphatic rings. The molecule has 0 saturated carbocycles. The first-order valence-corrected chi connectivity index (χ1v) is 5.90. The fourth-order valence-electron chi connectivity index (χ4n) is 1.47. The standard InChI is InChI=1S/C13H19N3O2/c1-10(8-12-6-4-3-5-7-12)15-16-13(18)9-14-11(2)17/h3-7,10,15H,8-9H2,1-2H3,(H,14,17)(H,16,18). The minimum atomic E-state index is -0.259. The van der Waals surface area contributed by atoms with Crippen LogP contribution in [0, 0.1) is 0 Å². The number of hydrogen-bond donors (Lipinski definition) is 3. The maximum atomic E-state index is 11.3. The molecule has 1 atom stereocenters. The van der Waals surface area contributed by atoms with Crippen LogP contribution in [0.5, 0.6) is 0 Å². The largest absolute Gasteiger partial charge is 0.347 e. The Morgan fingerprint density at radius 3 is 2.50 bits per heavy atom. The Morgan fingerprint density at radius 1 is 1.22 bits per heavy atom. The van der Waals surface area contributed by atoms with E-state index < -0.39 is 0 Å². The van der Waals surface area contributed by atoms with Crippen LogP contribution in [0.25, 0.3) is 0 Å². The lowest BCUT2D eigenvalue weighted by atomic mass is 10.1. The molecule has 0 saturated heterocycles. The molecule has 1 unspecified atom stereocenters. The van der Waals surface area contributed by atoms with E-state index >= 15 is 0 Å². The van der Waals surface area contributed by atoms with Crippen LogP contribution in [0.3, 0.4) is 0 Å². The molecule has 0 aliphatic heterocycles. The second-order valence-electron chi connectivity index (χ2n) is 4.19. The molecule has 1 aromatic rings. The van der Waals surface area contributed by atoms with E-state index in [0.29, 0.717) is 0 Å². The first kappa shape index (κ1) is 14.2. The summed E-state index contributed by atoms with van der Waals surface area (Å²) >= 11 is 0. The molecule has 3 N–H and O–H groups in total. The summed E-state index contributed by atoms with van der Waals surface area (Å²) in [5, 5.41) is 2.43. The summed E-state index contributed by atoms with van der Waals surface area (Å²) in [4.78, 5) is 21.9. The van der Waals surface area contributed by atoms with Gasteiger partial charge in [0.1, 0.15) is 0 Å². The van der Waals surface area contributed by atoms with E-state index in [4.69, 9.17) is 0 Å². The lowest BCUT2D eigenvalue weighted by Crippen LogP contribution is -2.47. The third kappa shape index (κ3) is 6.00. The van der Waals surface area contributed by atoms with Gasteiger partial charge in [-0.1, -0.05) is 30.3 Å². The number of carbonyl (C=O) groups excluding carboxylic acids is 2. The predicted octanol–water partition coefficient (Wildman–Crippen LogP) is 0.375. The monoisotopic (exact) mass is 249 g/mol. The van der Waals surface area contributed by atoms with Crippen LogP contribution in [0.2, 0.25) is 0 Å². The van der Waals surface area contributed by atoms with E-state index in [2.05, 4.69) is 16.2 Å². The molecule has 98 valence electrons. The fraction of sp³-hybridized carbons (Fsp3) is 0.385. The number of nitrogens with one attached hydrogen (secondary N) is 3. The molecule has 0 spiro atoms. The van der Waals surface area contributed by atoms with Crippen LogP contribution >= 0.6 is 0 Å². The van der Waals surface area contributed by atoms with Gasteiger partial charge in [-0.05, 0) is 18.9 Å². The number of carbonyl (C=O) groups is 2. The van der Waals surface area contributed by atoms with Crippen molar-refractivity contribution in [2.75, 3.05) is 6.54 Å². The number of rotatable bonds is 6. The SMILES string of the molecule is CC(=O)NCC(=O)NNC(C)Cc1ccccc1. The van der Waals surface area contributed by atoms with Gasteiger partial charge in [-0.15, -0.1) is 0 Å². The molecule has 18 heavy (non-hydrogen) atoms. The number of benzene rings is 1. The quantitative estimate of drug-likeness (QED) is 0.638. The summed E-state index contributed by atoms with van der Waals surface area (Å²) in [7, 11) is 0. The van der Waals surface area contributed by atoms with Crippen LogP contribution in [0.1, 0.15) is 19.4 Å². The van der Waals surface area contributed by atoms with E-state index in [-0.39, 0.29) is 24.4 Å². The van der Waals surface area contributed by atoms with Gasteiger partial charge in [-0.25, -0.2) is 5.43 Å². The van der Waals surface area contributed by atoms with E-state index in [9.17, 15) is 9.59 Å². The molecule has 0 radical (unpaired) electrons. The van der Waals surface area contributed by atoms with Crippen LogP contribution < -0.4 is 16.2 Å². The maximum Gasteiger partial charge on any atom is 0.253 e. The highest BCUT2D eigenvalue weighted by atomic mass is 16.2. The Bertz CT molecular complexity index is 392. The minimum absolute atomic E-state index is 0.0135. The van der Waals surface area contributed by atoms with Gasteiger partial charge in [-0.3, -0.25) is 15.0 Å². The second-order valence-corrected chi connectivity index (χ2v) is 4.19. The van der Waals surface area contributed by atoms with Gasteiger partial charge in [0.2, 0.25) is 5.91 Å². The first-order chi connectivity index (χ1) is 8.58. The van der Waals surface area contributed by atoms with Gasteiger partial charge in [0.05, 0.1) is 6.54 Å². The zero-order chi connectivity index (χ0) is 13.4. The van der Waals surface area contributed by atoms with Crippen LogP contribution in [0.4, 0.5) is 0 Å². The van der Waals surface area contributed by atoms with Crippen LogP contribution in [-0.2, 0) is 16.0 Å². The van der Waals surface area contributed by atoms with Gasteiger partial charge in [0, 0.05) is 13.0 Å². The van der Waals surface area contributed by atoms with Crippen LogP contribution in [-0.4, -0.2) is 24.4 Å². The normalized spacial score (nSPS) is 11.7. The Kier molecular flexibility index (Phi) is 5.87. The molecular weight excluding hydrogens is 230 g/mol. The van der Waals surface area contributed by atoms with Gasteiger partial charge >= 0.3 is 0 Å². The Balaban J connectivity index is 2.22. The summed E-state index contributed by atoms with van der Waals surface area (Å²) < 4.78 is 0. The van der Waals surface area contributed by atoms with E-state index in [1.165, 1.54) is 12.5 Å². The Morgan fingerprint density at radius 2 is 1.89 bits per heavy atom. The second kappa shape index (κ2) is 7.45. The van der Waals surface area contributed by atoms with Gasteiger partial charge < -0.3 is 5.32 Å². The minimum Gasteiger partial charge on any atom is -0.347 e. The fourth-order valence-corrected chi connectivity index (χ4v) is 1.47. The van der Waals surface area contributed by atoms with Crippen molar-refractivity contribution in [1.82, 2.24) is 16.2 Å². The van der Waals surface area contributed by atoms with E-state index in [0.717, 1.165) is 6.42 Å². The number of amides is 2. The molecule has 0 fully saturated rings. The average molecular weight is 249 g/mol. The topological polar surface area (TPSA) is 70.2 Å². The lowest BCUT2D eigenvalue weighted by Gasteiger charge is -2.14. The van der Waals surface area contributed by atoms with Crippen molar-refractivity contribution in [3.8, 4) is 0 Å². The molecule has 5 nitrogen and oxygen atoms in total. The van der Waals surface area contributed by atoms with Gasteiger partial charge in [-0.2, -0.15) is 0 Å². The first-order valence-electron chi connectivity index (χ1n) is 5.90. The zero-order valence-electron chi connectivity index (χ0n) is 10.7. The summed E-state index contributed by atoms with van der Waals surface area (Å²) in [6, 6.07) is 10.1. The third-order valence-electron chi connectivity index (χ3n) is 2.34. The smallest absolute Gasteiger partial charge is 0.253 e. The van der Waals surface area contributed by atoms with Gasteiger partial charge in [0.25, 0.3) is 5.91 Å². The van der Waals surface area contributed by atoms with Crippen molar-refractivity contribution in [1.29, 1.82) is 0 Å². The molecule has 2 amide bonds. The summed E-state index contributed by atoms with van der Waals surface area (Å²) in [5.74, 6) is -0.479. The Hall–Kier alpha value is -1.88. The molecule has 0 heterocycles. The van der Waals surface area contributed by atoms with Crippen molar-refractivity contribution in [3.63, 3.8) is 0 Å². The van der Waals surface area contributed by atoms with Crippen molar-refractivity contribution < 1.29 is 9.59 Å². The van der Waals surface area contributed by atoms with Crippen molar-refractivity contribution in [2.45, 2.75) is 26.3 Å². The molecular formula is C13H19N3O2. The molecule has 0 bridgehead atoms. The summed E-state index contributed by atoms with van der Waals surface area (Å²) in [5.41, 5.74) is 6.66. The van der Waals surface area contributed by atoms with E-state index in [1.54, 1.807) is 0 Å². The number of hydrazine groups is 1. The summed E-state index contributed by atoms with van der Waals surface area (Å²) in [6.45, 7) is 3.34. The highest BCUT2D eigenvalue weighted by molar-refractivity contribution is 5.83. The predicted molar refractivity (Wildman–Crippen MR) is 69.6 cm³/mol. The highest BCUT2D eigenvalue weighted by Gasteiger charge is 2.05. The average Bonchev–Trinajstić information content (AvgIpc) is 2.35. The maximum absolute atomic E-state index is 11.3. The molecule has 1 rings (SSSR count). The van der Waals surface area contributed by atoms with Gasteiger partial charge in [0.15, 0.2) is 0 Å². The lowest BCUT2D eigenvalue weighted by molar-refractivity contribution is -0.125. The van der Waals surface area contributed by atoms with Crippen molar-refractivity contribution in [2.24, 2.45) is 0 Å². The zero-order valence-corrected chi connectivity index (χ0v) is 10.7. The van der Waals surface area contributed by atoms with Crippen molar-refractivity contribution in [3.05, 3.63) is 35.9 Å². The molecule has 0 aliphatic carbocycles. The van der Waals surface area contributed by atoms with Crippen molar-refractivity contribution >= 4 is 11.8 Å². The summed E-state index contributed by atoms with van der Waals surface area (Å²) in [6.07, 6.45) is 0.821.